The second kappa shape index (κ2) is 6.48. The maximum Gasteiger partial charge on any atom is 0.343 e. The van der Waals surface area contributed by atoms with Gasteiger partial charge >= 0.3 is 5.97 Å². The molecule has 0 saturated carbocycles. The summed E-state index contributed by atoms with van der Waals surface area (Å²) in [4.78, 5) is 30.8. The number of aliphatic hydroxyl groups is 1. The summed E-state index contributed by atoms with van der Waals surface area (Å²) in [5, 5.41) is 11.9. The SMILES string of the molecule is CC[C@@]1(O)C(=O)OCc2c1cc1n(c2=O)Cc2c-1nc1cc3c(cc1c2-c1ccoc1)OCO3. The van der Waals surface area contributed by atoms with Gasteiger partial charge in [-0.2, -0.15) is 0 Å². The van der Waals surface area contributed by atoms with Gasteiger partial charge in [0, 0.05) is 33.7 Å². The number of nitrogens with zero attached hydrogens (tertiary/aromatic N) is 2. The van der Waals surface area contributed by atoms with E-state index in [4.69, 9.17) is 23.6 Å². The van der Waals surface area contributed by atoms with E-state index in [1.165, 1.54) is 0 Å². The van der Waals surface area contributed by atoms with Crippen molar-refractivity contribution in [2.75, 3.05) is 6.79 Å². The molecule has 0 unspecified atom stereocenters. The average Bonchev–Trinajstić information content (AvgIpc) is 3.59. The van der Waals surface area contributed by atoms with Gasteiger partial charge < -0.3 is 28.3 Å². The van der Waals surface area contributed by atoms with E-state index < -0.39 is 11.6 Å². The Kier molecular flexibility index (Phi) is 3.69. The number of benzene rings is 1. The van der Waals surface area contributed by atoms with Gasteiger partial charge in [0.25, 0.3) is 5.56 Å². The van der Waals surface area contributed by atoms with E-state index in [9.17, 15) is 14.7 Å². The van der Waals surface area contributed by atoms with Crippen molar-refractivity contribution in [1.29, 1.82) is 0 Å². The zero-order valence-corrected chi connectivity index (χ0v) is 18.1. The maximum absolute atomic E-state index is 13.5. The number of fused-ring (bicyclic) bond motifs is 6. The summed E-state index contributed by atoms with van der Waals surface area (Å²) in [6.45, 7) is 1.94. The third-order valence-electron chi connectivity index (χ3n) is 6.99. The van der Waals surface area contributed by atoms with Gasteiger partial charge in [0.05, 0.1) is 41.5 Å². The summed E-state index contributed by atoms with van der Waals surface area (Å²) in [7, 11) is 0. The number of carbonyl (C=O) groups is 1. The van der Waals surface area contributed by atoms with Crippen LogP contribution in [0, 0.1) is 0 Å². The van der Waals surface area contributed by atoms with E-state index in [1.54, 1.807) is 30.1 Å². The summed E-state index contributed by atoms with van der Waals surface area (Å²) in [6, 6.07) is 7.28. The van der Waals surface area contributed by atoms with Gasteiger partial charge in [0.15, 0.2) is 17.1 Å². The van der Waals surface area contributed by atoms with E-state index in [-0.39, 0.29) is 43.1 Å². The van der Waals surface area contributed by atoms with Crippen LogP contribution in [0.5, 0.6) is 11.5 Å². The van der Waals surface area contributed by atoms with Crippen LogP contribution in [0.3, 0.4) is 0 Å². The molecular weight excluding hydrogens is 440 g/mol. The van der Waals surface area contributed by atoms with Gasteiger partial charge in [-0.3, -0.25) is 4.79 Å². The minimum atomic E-state index is -1.87. The molecule has 0 saturated heterocycles. The third kappa shape index (κ3) is 2.34. The van der Waals surface area contributed by atoms with E-state index in [2.05, 4.69) is 0 Å². The zero-order valence-electron chi connectivity index (χ0n) is 18.1. The first-order chi connectivity index (χ1) is 16.5. The second-order valence-corrected chi connectivity index (χ2v) is 8.65. The van der Waals surface area contributed by atoms with E-state index in [0.717, 1.165) is 22.1 Å². The molecule has 6 heterocycles. The Morgan fingerprint density at radius 1 is 1.12 bits per heavy atom. The molecule has 0 amide bonds. The van der Waals surface area contributed by atoms with E-state index in [1.807, 2.05) is 18.2 Å². The van der Waals surface area contributed by atoms with Crippen molar-refractivity contribution in [3.05, 3.63) is 63.8 Å². The van der Waals surface area contributed by atoms with Crippen LogP contribution in [-0.4, -0.2) is 27.4 Å². The summed E-state index contributed by atoms with van der Waals surface area (Å²) in [5.74, 6) is 0.483. The lowest BCUT2D eigenvalue weighted by molar-refractivity contribution is -0.172. The predicted molar refractivity (Wildman–Crippen MR) is 118 cm³/mol. The molecule has 9 nitrogen and oxygen atoms in total. The minimum Gasteiger partial charge on any atom is -0.472 e. The molecule has 9 heteroatoms. The van der Waals surface area contributed by atoms with Gasteiger partial charge in [-0.25, -0.2) is 9.78 Å². The molecule has 7 rings (SSSR count). The van der Waals surface area contributed by atoms with Gasteiger partial charge in [-0.15, -0.1) is 0 Å². The highest BCUT2D eigenvalue weighted by atomic mass is 16.7. The number of rotatable bonds is 2. The molecule has 1 atom stereocenters. The number of carbonyl (C=O) groups excluding carboxylic acids is 1. The van der Waals surface area contributed by atoms with Crippen LogP contribution in [0.1, 0.15) is 30.0 Å². The monoisotopic (exact) mass is 458 g/mol. The number of furan rings is 1. The van der Waals surface area contributed by atoms with Crippen LogP contribution in [0.15, 0.2) is 46.0 Å². The van der Waals surface area contributed by atoms with Crippen LogP contribution in [0.2, 0.25) is 0 Å². The largest absolute Gasteiger partial charge is 0.472 e. The molecule has 1 aromatic carbocycles. The fourth-order valence-corrected chi connectivity index (χ4v) is 5.21. The Hall–Kier alpha value is -4.11. The molecular formula is C25H18N2O7. The lowest BCUT2D eigenvalue weighted by atomic mass is 9.86. The van der Waals surface area contributed by atoms with Crippen molar-refractivity contribution in [1.82, 2.24) is 9.55 Å². The average molecular weight is 458 g/mol. The van der Waals surface area contributed by atoms with Crippen LogP contribution in [0.25, 0.3) is 33.4 Å². The van der Waals surface area contributed by atoms with Crippen molar-refractivity contribution >= 4 is 16.9 Å². The zero-order chi connectivity index (χ0) is 23.2. The van der Waals surface area contributed by atoms with Gasteiger partial charge in [-0.05, 0) is 24.6 Å². The topological polar surface area (TPSA) is 113 Å². The Morgan fingerprint density at radius 2 is 1.94 bits per heavy atom. The number of esters is 1. The standard InChI is InChI=1S/C25H18N2O7/c1-2-25(30)16-6-18-22-14(8-27(18)23(28)15(16)10-32-24(25)29)21(12-3-4-31-9-12)13-5-19-20(34-11-33-19)7-17(13)26-22/h3-7,9,30H,2,8,10-11H2,1H3/t25-/m0/s1. The summed E-state index contributed by atoms with van der Waals surface area (Å²) < 4.78 is 23.3. The maximum atomic E-state index is 13.5. The Labute approximate surface area is 192 Å². The number of hydrogen-bond acceptors (Lipinski definition) is 8. The van der Waals surface area contributed by atoms with E-state index >= 15 is 0 Å². The molecule has 34 heavy (non-hydrogen) atoms. The first-order valence-electron chi connectivity index (χ1n) is 11.0. The predicted octanol–water partition coefficient (Wildman–Crippen LogP) is 3.07. The molecule has 170 valence electrons. The molecule has 4 aromatic rings. The first-order valence-corrected chi connectivity index (χ1v) is 11.0. The summed E-state index contributed by atoms with van der Waals surface area (Å²) >= 11 is 0. The molecule has 0 aliphatic carbocycles. The van der Waals surface area contributed by atoms with Crippen LogP contribution >= 0.6 is 0 Å². The molecule has 0 spiro atoms. The van der Waals surface area contributed by atoms with Crippen molar-refractivity contribution in [3.8, 4) is 34.0 Å². The molecule has 0 radical (unpaired) electrons. The molecule has 3 aromatic heterocycles. The highest BCUT2D eigenvalue weighted by Gasteiger charge is 2.45. The fourth-order valence-electron chi connectivity index (χ4n) is 5.21. The summed E-state index contributed by atoms with van der Waals surface area (Å²) in [5.41, 5.74) is 2.79. The quantitative estimate of drug-likeness (QED) is 0.402. The van der Waals surface area contributed by atoms with Crippen LogP contribution < -0.4 is 15.0 Å². The number of aromatic nitrogens is 2. The van der Waals surface area contributed by atoms with Crippen LogP contribution in [0.4, 0.5) is 0 Å². The highest BCUT2D eigenvalue weighted by Crippen LogP contribution is 2.46. The Balaban J connectivity index is 1.56. The van der Waals surface area contributed by atoms with Gasteiger partial charge in [0.1, 0.15) is 6.61 Å². The lowest BCUT2D eigenvalue weighted by Gasteiger charge is -2.31. The van der Waals surface area contributed by atoms with Gasteiger partial charge in [0.2, 0.25) is 6.79 Å². The number of pyridine rings is 2. The smallest absolute Gasteiger partial charge is 0.343 e. The van der Waals surface area contributed by atoms with Gasteiger partial charge in [-0.1, -0.05) is 6.92 Å². The Bertz CT molecular complexity index is 1600. The number of hydrogen-bond donors (Lipinski definition) is 1. The second-order valence-electron chi connectivity index (χ2n) is 8.65. The molecule has 0 bridgehead atoms. The van der Waals surface area contributed by atoms with Crippen molar-refractivity contribution in [3.63, 3.8) is 0 Å². The fraction of sp³-hybridized carbons (Fsp3) is 0.240. The number of ether oxygens (including phenoxy) is 3. The van der Waals surface area contributed by atoms with Crippen molar-refractivity contribution in [2.45, 2.75) is 32.1 Å². The molecule has 1 N–H and O–H groups in total. The molecule has 0 fully saturated rings. The lowest BCUT2D eigenvalue weighted by Crippen LogP contribution is -2.44. The Morgan fingerprint density at radius 3 is 2.71 bits per heavy atom. The van der Waals surface area contributed by atoms with E-state index in [0.29, 0.717) is 28.4 Å². The number of cyclic esters (lactones) is 1. The molecule has 3 aliphatic rings. The van der Waals surface area contributed by atoms with Crippen molar-refractivity contribution < 1.29 is 28.5 Å². The first kappa shape index (κ1) is 19.4. The normalized spacial score (nSPS) is 19.6. The summed E-state index contributed by atoms with van der Waals surface area (Å²) in [6.07, 6.45) is 3.33. The highest BCUT2D eigenvalue weighted by molar-refractivity contribution is 6.01. The van der Waals surface area contributed by atoms with Crippen LogP contribution in [-0.2, 0) is 28.3 Å². The van der Waals surface area contributed by atoms with Crippen molar-refractivity contribution in [2.24, 2.45) is 0 Å². The molecule has 3 aliphatic heterocycles. The third-order valence-corrected chi connectivity index (χ3v) is 6.99. The minimum absolute atomic E-state index is 0.0868.